The van der Waals surface area contributed by atoms with Crippen molar-refractivity contribution >= 4 is 0 Å². The van der Waals surface area contributed by atoms with Crippen molar-refractivity contribution in [3.63, 3.8) is 0 Å². The Morgan fingerprint density at radius 3 is 2.78 bits per heavy atom. The van der Waals surface area contributed by atoms with Crippen LogP contribution >= 0.6 is 0 Å². The van der Waals surface area contributed by atoms with E-state index in [-0.39, 0.29) is 5.60 Å². The van der Waals surface area contributed by atoms with Crippen molar-refractivity contribution in [1.29, 1.82) is 0 Å². The van der Waals surface area contributed by atoms with Gasteiger partial charge in [-0.05, 0) is 57.7 Å². The molecule has 1 unspecified atom stereocenters. The quantitative estimate of drug-likeness (QED) is 0.807. The molecule has 1 atom stereocenters. The highest BCUT2D eigenvalue weighted by Gasteiger charge is 2.30. The molecule has 0 radical (unpaired) electrons. The van der Waals surface area contributed by atoms with Crippen LogP contribution in [0.15, 0.2) is 24.3 Å². The molecule has 100 valence electrons. The number of hydrogen-bond donors (Lipinski definition) is 1. The highest BCUT2D eigenvalue weighted by atomic mass is 16.5. The van der Waals surface area contributed by atoms with Gasteiger partial charge in [0.25, 0.3) is 0 Å². The van der Waals surface area contributed by atoms with E-state index >= 15 is 0 Å². The van der Waals surface area contributed by atoms with E-state index in [0.717, 1.165) is 19.5 Å². The summed E-state index contributed by atoms with van der Waals surface area (Å²) in [5.41, 5.74) is 2.91. The predicted octanol–water partition coefficient (Wildman–Crippen LogP) is 3.08. The molecule has 1 fully saturated rings. The summed E-state index contributed by atoms with van der Waals surface area (Å²) in [4.78, 5) is 0. The van der Waals surface area contributed by atoms with E-state index < -0.39 is 0 Å². The van der Waals surface area contributed by atoms with E-state index in [1.807, 2.05) is 0 Å². The molecule has 2 heteroatoms. The molecule has 1 aromatic rings. The first-order valence-electron chi connectivity index (χ1n) is 7.00. The van der Waals surface area contributed by atoms with E-state index in [4.69, 9.17) is 4.74 Å². The first-order chi connectivity index (χ1) is 8.57. The molecule has 1 saturated heterocycles. The van der Waals surface area contributed by atoms with Crippen molar-refractivity contribution in [2.75, 3.05) is 13.1 Å². The van der Waals surface area contributed by atoms with Gasteiger partial charge in [0.05, 0.1) is 11.7 Å². The summed E-state index contributed by atoms with van der Waals surface area (Å²) in [5.74, 6) is 0. The molecule has 1 heterocycles. The van der Waals surface area contributed by atoms with Gasteiger partial charge < -0.3 is 10.1 Å². The number of aryl methyl sites for hydroxylation is 1. The van der Waals surface area contributed by atoms with Crippen LogP contribution in [0, 0.1) is 6.92 Å². The number of nitrogens with one attached hydrogen (secondary N) is 1. The number of rotatable bonds is 5. The smallest absolute Gasteiger partial charge is 0.0707 e. The second kappa shape index (κ2) is 5.85. The van der Waals surface area contributed by atoms with Gasteiger partial charge >= 0.3 is 0 Å². The van der Waals surface area contributed by atoms with Crippen LogP contribution in [-0.2, 0) is 11.2 Å². The Morgan fingerprint density at radius 2 is 2.11 bits per heavy atom. The summed E-state index contributed by atoms with van der Waals surface area (Å²) >= 11 is 0. The number of benzene rings is 1. The van der Waals surface area contributed by atoms with Crippen LogP contribution in [0.5, 0.6) is 0 Å². The first kappa shape index (κ1) is 13.6. The Labute approximate surface area is 111 Å². The van der Waals surface area contributed by atoms with Crippen LogP contribution in [0.4, 0.5) is 0 Å². The molecule has 0 amide bonds. The zero-order valence-corrected chi connectivity index (χ0v) is 11.8. The Hall–Kier alpha value is -0.860. The molecule has 2 nitrogen and oxygen atoms in total. The average Bonchev–Trinajstić information content (AvgIpc) is 2.67. The van der Waals surface area contributed by atoms with E-state index in [9.17, 15) is 0 Å². The molecule has 18 heavy (non-hydrogen) atoms. The van der Waals surface area contributed by atoms with Gasteiger partial charge in [0.1, 0.15) is 0 Å². The molecule has 0 bridgehead atoms. The highest BCUT2D eigenvalue weighted by Crippen LogP contribution is 2.28. The van der Waals surface area contributed by atoms with Crippen LogP contribution in [0.1, 0.15) is 37.8 Å². The normalized spacial score (nSPS) is 22.3. The van der Waals surface area contributed by atoms with Crippen LogP contribution < -0.4 is 5.32 Å². The van der Waals surface area contributed by atoms with Gasteiger partial charge in [-0.3, -0.25) is 0 Å². The molecule has 0 aliphatic carbocycles. The monoisotopic (exact) mass is 247 g/mol. The summed E-state index contributed by atoms with van der Waals surface area (Å²) in [6.07, 6.45) is 3.86. The van der Waals surface area contributed by atoms with Gasteiger partial charge in [-0.25, -0.2) is 0 Å². The molecule has 1 aliphatic heterocycles. The van der Waals surface area contributed by atoms with Crippen molar-refractivity contribution in [1.82, 2.24) is 5.32 Å². The van der Waals surface area contributed by atoms with Gasteiger partial charge in [-0.2, -0.15) is 0 Å². The molecular weight excluding hydrogens is 222 g/mol. The zero-order valence-electron chi connectivity index (χ0n) is 11.8. The Balaban J connectivity index is 1.67. The lowest BCUT2D eigenvalue weighted by atomic mass is 10.1. The maximum atomic E-state index is 5.96. The first-order valence-corrected chi connectivity index (χ1v) is 7.00. The third kappa shape index (κ3) is 3.82. The minimum absolute atomic E-state index is 0.0857. The summed E-state index contributed by atoms with van der Waals surface area (Å²) < 4.78 is 5.96. The fourth-order valence-electron chi connectivity index (χ4n) is 2.60. The lowest BCUT2D eigenvalue weighted by Gasteiger charge is -2.19. The van der Waals surface area contributed by atoms with Crippen molar-refractivity contribution in [2.24, 2.45) is 0 Å². The van der Waals surface area contributed by atoms with Gasteiger partial charge in [0.2, 0.25) is 0 Å². The fraction of sp³-hybridized carbons (Fsp3) is 0.625. The zero-order chi connectivity index (χ0) is 13.0. The SMILES string of the molecule is Cc1ccccc1CCNCC1CCC(C)(C)O1. The Bertz CT molecular complexity index is 386. The highest BCUT2D eigenvalue weighted by molar-refractivity contribution is 5.25. The van der Waals surface area contributed by atoms with Crippen LogP contribution in [0.2, 0.25) is 0 Å². The van der Waals surface area contributed by atoms with Crippen molar-refractivity contribution in [3.05, 3.63) is 35.4 Å². The average molecular weight is 247 g/mol. The maximum Gasteiger partial charge on any atom is 0.0707 e. The minimum Gasteiger partial charge on any atom is -0.371 e. The standard InChI is InChI=1S/C16H25NO/c1-13-6-4-5-7-14(13)9-11-17-12-15-8-10-16(2,3)18-15/h4-7,15,17H,8-12H2,1-3H3. The third-order valence-corrected chi connectivity index (χ3v) is 3.76. The second-order valence-corrected chi connectivity index (χ2v) is 5.92. The van der Waals surface area contributed by atoms with E-state index in [1.54, 1.807) is 0 Å². The molecule has 1 aliphatic rings. The van der Waals surface area contributed by atoms with E-state index in [1.165, 1.54) is 24.0 Å². The summed E-state index contributed by atoms with van der Waals surface area (Å²) in [7, 11) is 0. The molecule has 0 saturated carbocycles. The third-order valence-electron chi connectivity index (χ3n) is 3.76. The van der Waals surface area contributed by atoms with E-state index in [2.05, 4.69) is 50.4 Å². The Kier molecular flexibility index (Phi) is 4.41. The predicted molar refractivity (Wildman–Crippen MR) is 75.9 cm³/mol. The van der Waals surface area contributed by atoms with E-state index in [0.29, 0.717) is 6.10 Å². The molecule has 0 spiro atoms. The topological polar surface area (TPSA) is 21.3 Å². The summed E-state index contributed by atoms with van der Waals surface area (Å²) in [6, 6.07) is 8.61. The molecule has 0 aromatic heterocycles. The molecular formula is C16H25NO. The lowest BCUT2D eigenvalue weighted by Crippen LogP contribution is -2.30. The fourth-order valence-corrected chi connectivity index (χ4v) is 2.60. The van der Waals surface area contributed by atoms with Gasteiger partial charge in [-0.15, -0.1) is 0 Å². The van der Waals surface area contributed by atoms with Crippen molar-refractivity contribution < 1.29 is 4.74 Å². The maximum absolute atomic E-state index is 5.96. The van der Waals surface area contributed by atoms with Crippen LogP contribution in [0.3, 0.4) is 0 Å². The molecule has 1 N–H and O–H groups in total. The number of ether oxygens (including phenoxy) is 1. The summed E-state index contributed by atoms with van der Waals surface area (Å²) in [6.45, 7) is 8.55. The van der Waals surface area contributed by atoms with Crippen LogP contribution in [0.25, 0.3) is 0 Å². The number of hydrogen-bond acceptors (Lipinski definition) is 2. The Morgan fingerprint density at radius 1 is 1.33 bits per heavy atom. The molecule has 1 aromatic carbocycles. The largest absolute Gasteiger partial charge is 0.371 e. The van der Waals surface area contributed by atoms with Gasteiger partial charge in [0, 0.05) is 6.54 Å². The molecule has 2 rings (SSSR count). The summed E-state index contributed by atoms with van der Waals surface area (Å²) in [5, 5.41) is 3.52. The van der Waals surface area contributed by atoms with Crippen molar-refractivity contribution in [2.45, 2.75) is 51.7 Å². The second-order valence-electron chi connectivity index (χ2n) is 5.92. The lowest BCUT2D eigenvalue weighted by molar-refractivity contribution is -0.0140. The van der Waals surface area contributed by atoms with Crippen LogP contribution in [-0.4, -0.2) is 24.8 Å². The van der Waals surface area contributed by atoms with Crippen molar-refractivity contribution in [3.8, 4) is 0 Å². The van der Waals surface area contributed by atoms with Gasteiger partial charge in [-0.1, -0.05) is 24.3 Å². The van der Waals surface area contributed by atoms with Gasteiger partial charge in [0.15, 0.2) is 0 Å². The minimum atomic E-state index is 0.0857.